The smallest absolute Gasteiger partial charge is 0.320 e. The van der Waals surface area contributed by atoms with Crippen LogP contribution in [0.4, 0.5) is 16.3 Å². The summed E-state index contributed by atoms with van der Waals surface area (Å²) >= 11 is 0. The van der Waals surface area contributed by atoms with E-state index in [2.05, 4.69) is 15.6 Å². The third kappa shape index (κ3) is 4.77. The van der Waals surface area contributed by atoms with Crippen molar-refractivity contribution in [1.82, 2.24) is 10.3 Å². The highest BCUT2D eigenvalue weighted by atomic mass is 16.3. The van der Waals surface area contributed by atoms with Gasteiger partial charge in [-0.25, -0.2) is 9.78 Å². The molecule has 25 heavy (non-hydrogen) atoms. The Morgan fingerprint density at radius 1 is 1.32 bits per heavy atom. The average molecular weight is 341 g/mol. The van der Waals surface area contributed by atoms with Crippen LogP contribution in [0.3, 0.4) is 0 Å². The van der Waals surface area contributed by atoms with Crippen LogP contribution in [0.15, 0.2) is 42.6 Å². The van der Waals surface area contributed by atoms with Gasteiger partial charge in [0.2, 0.25) is 0 Å². The third-order valence-corrected chi connectivity index (χ3v) is 3.70. The van der Waals surface area contributed by atoms with Crippen molar-refractivity contribution in [2.75, 3.05) is 11.1 Å². The Morgan fingerprint density at radius 2 is 1.96 bits per heavy atom. The van der Waals surface area contributed by atoms with Gasteiger partial charge in [0.1, 0.15) is 5.82 Å². The van der Waals surface area contributed by atoms with E-state index in [1.54, 1.807) is 20.8 Å². The van der Waals surface area contributed by atoms with Crippen molar-refractivity contribution in [3.8, 4) is 0 Å². The lowest BCUT2D eigenvalue weighted by Crippen LogP contribution is -2.43. The number of hydrogen-bond donors (Lipinski definition) is 5. The lowest BCUT2D eigenvalue weighted by Gasteiger charge is -2.30. The van der Waals surface area contributed by atoms with Gasteiger partial charge >= 0.3 is 6.03 Å². The van der Waals surface area contributed by atoms with E-state index in [0.717, 1.165) is 5.56 Å². The number of aromatic nitrogens is 1. The fourth-order valence-corrected chi connectivity index (χ4v) is 2.45. The molecule has 7 nitrogen and oxygen atoms in total. The minimum absolute atomic E-state index is 0.266. The molecule has 0 saturated carbocycles. The van der Waals surface area contributed by atoms with Crippen molar-refractivity contribution < 1.29 is 9.90 Å². The molecular formula is C18H23N5O2. The number of pyridine rings is 1. The normalized spacial score (nSPS) is 12.3. The van der Waals surface area contributed by atoms with E-state index < -0.39 is 17.7 Å². The van der Waals surface area contributed by atoms with Crippen LogP contribution in [0, 0.1) is 5.41 Å². The number of hydrogen-bond acceptors (Lipinski definition) is 5. The molecule has 2 aromatic rings. The summed E-state index contributed by atoms with van der Waals surface area (Å²) in [4.78, 5) is 16.4. The monoisotopic (exact) mass is 341 g/mol. The van der Waals surface area contributed by atoms with Crippen LogP contribution < -0.4 is 16.4 Å². The molecule has 0 radical (unpaired) electrons. The Morgan fingerprint density at radius 3 is 2.48 bits per heavy atom. The predicted molar refractivity (Wildman–Crippen MR) is 98.8 cm³/mol. The number of anilines is 2. The van der Waals surface area contributed by atoms with E-state index >= 15 is 0 Å². The van der Waals surface area contributed by atoms with E-state index in [1.807, 2.05) is 30.3 Å². The van der Waals surface area contributed by atoms with E-state index in [4.69, 9.17) is 11.1 Å². The van der Waals surface area contributed by atoms with Crippen LogP contribution in [0.2, 0.25) is 0 Å². The van der Waals surface area contributed by atoms with Crippen molar-refractivity contribution >= 4 is 23.2 Å². The number of nitrogens with one attached hydrogen (secondary N) is 3. The number of carbonyl (C=O) groups is 1. The van der Waals surface area contributed by atoms with E-state index in [9.17, 15) is 9.90 Å². The minimum Gasteiger partial charge on any atom is -0.398 e. The Hall–Kier alpha value is -2.93. The Bertz CT molecular complexity index is 769. The molecule has 0 aliphatic rings. The molecule has 1 aromatic carbocycles. The Balaban J connectivity index is 2.14. The maximum absolute atomic E-state index is 12.3. The molecule has 1 aromatic heterocycles. The molecule has 0 saturated heterocycles. The van der Waals surface area contributed by atoms with Crippen molar-refractivity contribution in [2.24, 2.45) is 0 Å². The molecule has 2 rings (SSSR count). The third-order valence-electron chi connectivity index (χ3n) is 3.70. The van der Waals surface area contributed by atoms with Gasteiger partial charge in [-0.3, -0.25) is 5.32 Å². The molecule has 0 aliphatic heterocycles. The fraction of sp³-hybridized carbons (Fsp3) is 0.278. The molecule has 1 heterocycles. The molecule has 0 bridgehead atoms. The van der Waals surface area contributed by atoms with Gasteiger partial charge in [0.25, 0.3) is 0 Å². The highest BCUT2D eigenvalue weighted by molar-refractivity contribution is 6.01. The molecule has 0 aliphatic carbocycles. The van der Waals surface area contributed by atoms with Crippen LogP contribution in [0.1, 0.15) is 37.9 Å². The van der Waals surface area contributed by atoms with Crippen LogP contribution >= 0.6 is 0 Å². The van der Waals surface area contributed by atoms with Gasteiger partial charge in [0.05, 0.1) is 11.6 Å². The topological polar surface area (TPSA) is 124 Å². The van der Waals surface area contributed by atoms with Gasteiger partial charge in [0.15, 0.2) is 0 Å². The maximum atomic E-state index is 12.3. The van der Waals surface area contributed by atoms with E-state index in [1.165, 1.54) is 12.3 Å². The second-order valence-electron chi connectivity index (χ2n) is 6.38. The number of urea groups is 1. The summed E-state index contributed by atoms with van der Waals surface area (Å²) < 4.78 is 0. The molecule has 132 valence electrons. The lowest BCUT2D eigenvalue weighted by molar-refractivity contribution is 0.0415. The second kappa shape index (κ2) is 7.31. The number of amides is 2. The lowest BCUT2D eigenvalue weighted by atomic mass is 9.92. The first-order valence-corrected chi connectivity index (χ1v) is 7.84. The standard InChI is InChI=1S/C18H23N5O2/c1-11(19)13-10-21-15(9-14(13)20)22-17(24)23-16(18(2,3)25)12-7-5-4-6-8-12/h4-10,16,19,25H,1-3H3,(H4,20,21,22,23,24). The predicted octanol–water partition coefficient (Wildman–Crippen LogP) is 2.69. The molecule has 0 fully saturated rings. The van der Waals surface area contributed by atoms with E-state index in [-0.39, 0.29) is 5.82 Å². The zero-order valence-corrected chi connectivity index (χ0v) is 14.5. The molecule has 1 atom stereocenters. The number of benzene rings is 1. The molecule has 2 amide bonds. The van der Waals surface area contributed by atoms with Gasteiger partial charge in [-0.2, -0.15) is 0 Å². The summed E-state index contributed by atoms with van der Waals surface area (Å²) in [7, 11) is 0. The Kier molecular flexibility index (Phi) is 5.38. The van der Waals surface area contributed by atoms with Crippen LogP contribution in [0.25, 0.3) is 0 Å². The molecule has 7 heteroatoms. The highest BCUT2D eigenvalue weighted by Crippen LogP contribution is 2.25. The largest absolute Gasteiger partial charge is 0.398 e. The first-order chi connectivity index (χ1) is 11.7. The van der Waals surface area contributed by atoms with Crippen LogP contribution in [-0.2, 0) is 0 Å². The summed E-state index contributed by atoms with van der Waals surface area (Å²) in [6.07, 6.45) is 1.44. The number of aliphatic hydroxyl groups is 1. The molecular weight excluding hydrogens is 318 g/mol. The fourth-order valence-electron chi connectivity index (χ4n) is 2.45. The van der Waals surface area contributed by atoms with Crippen LogP contribution in [0.5, 0.6) is 0 Å². The van der Waals surface area contributed by atoms with Gasteiger partial charge < -0.3 is 21.6 Å². The minimum atomic E-state index is -1.16. The van der Waals surface area contributed by atoms with Gasteiger partial charge in [0, 0.05) is 29.2 Å². The van der Waals surface area contributed by atoms with Gasteiger partial charge in [-0.1, -0.05) is 30.3 Å². The van der Waals surface area contributed by atoms with Crippen molar-refractivity contribution in [1.29, 1.82) is 5.41 Å². The first-order valence-electron chi connectivity index (χ1n) is 7.84. The number of nitrogen functional groups attached to an aromatic ring is 1. The van der Waals surface area contributed by atoms with Gasteiger partial charge in [-0.05, 0) is 26.3 Å². The summed E-state index contributed by atoms with van der Waals surface area (Å²) in [6.45, 7) is 4.87. The second-order valence-corrected chi connectivity index (χ2v) is 6.38. The highest BCUT2D eigenvalue weighted by Gasteiger charge is 2.29. The number of nitrogens with zero attached hydrogens (tertiary/aromatic N) is 1. The summed E-state index contributed by atoms with van der Waals surface area (Å²) in [6, 6.07) is 9.60. The summed E-state index contributed by atoms with van der Waals surface area (Å²) in [5, 5.41) is 23.3. The SMILES string of the molecule is CC(=N)c1cnc(NC(=O)NC(c2ccccc2)C(C)(C)O)cc1N. The van der Waals surface area contributed by atoms with E-state index in [0.29, 0.717) is 17.0 Å². The number of carbonyl (C=O) groups excluding carboxylic acids is 1. The Labute approximate surface area is 146 Å². The molecule has 1 unspecified atom stereocenters. The molecule has 6 N–H and O–H groups in total. The van der Waals surface area contributed by atoms with Crippen molar-refractivity contribution in [3.05, 3.63) is 53.7 Å². The van der Waals surface area contributed by atoms with Crippen LogP contribution in [-0.4, -0.2) is 27.4 Å². The van der Waals surface area contributed by atoms with Crippen molar-refractivity contribution in [2.45, 2.75) is 32.4 Å². The maximum Gasteiger partial charge on any atom is 0.320 e. The zero-order valence-electron chi connectivity index (χ0n) is 14.5. The first kappa shape index (κ1) is 18.4. The number of nitrogens with two attached hydrogens (primary N) is 1. The van der Waals surface area contributed by atoms with Gasteiger partial charge in [-0.15, -0.1) is 0 Å². The summed E-state index contributed by atoms with van der Waals surface area (Å²) in [5.74, 6) is 0.266. The quantitative estimate of drug-likeness (QED) is 0.536. The average Bonchev–Trinajstić information content (AvgIpc) is 2.52. The molecule has 0 spiro atoms. The van der Waals surface area contributed by atoms with Crippen molar-refractivity contribution in [3.63, 3.8) is 0 Å². The zero-order chi connectivity index (χ0) is 18.6. The summed E-state index contributed by atoms with van der Waals surface area (Å²) in [5.41, 5.74) is 6.67. The number of rotatable bonds is 5.